The van der Waals surface area contributed by atoms with E-state index >= 15 is 0 Å². The molecule has 0 bridgehead atoms. The van der Waals surface area contributed by atoms with Crippen LogP contribution in [0, 0.1) is 5.41 Å². The minimum absolute atomic E-state index is 0.165. The van der Waals surface area contributed by atoms with Gasteiger partial charge in [0, 0.05) is 19.6 Å². The molecular weight excluding hydrogens is 486 g/mol. The first-order valence-corrected chi connectivity index (χ1v) is 13.0. The zero-order valence-corrected chi connectivity index (χ0v) is 21.1. The number of methoxy groups -OCH3 is 3. The minimum Gasteiger partial charge on any atom is -0.495 e. The number of aromatic amines is 1. The smallest absolute Gasteiger partial charge is 0.175 e. The SMILES string of the molecule is COCC1(COC)C(=N)N[C@](C)(c2sc(-c3cc4cccc(OC)c4[nH]3)cc2Cl)CS1(=O)=O. The molecule has 0 aliphatic carbocycles. The van der Waals surface area contributed by atoms with Crippen molar-refractivity contribution in [3.05, 3.63) is 40.2 Å². The topological polar surface area (TPSA) is 114 Å². The number of hydrogen-bond acceptors (Lipinski definition) is 7. The molecule has 1 aliphatic rings. The summed E-state index contributed by atoms with van der Waals surface area (Å²) in [5.74, 6) is 0.311. The van der Waals surface area contributed by atoms with Crippen LogP contribution in [0.25, 0.3) is 21.5 Å². The summed E-state index contributed by atoms with van der Waals surface area (Å²) in [5, 5.41) is 13.2. The fourth-order valence-corrected chi connectivity index (χ4v) is 8.28. The summed E-state index contributed by atoms with van der Waals surface area (Å²) < 4.78 is 41.1. The third kappa shape index (κ3) is 3.83. The third-order valence-electron chi connectivity index (χ3n) is 5.98. The zero-order chi connectivity index (χ0) is 24.0. The van der Waals surface area contributed by atoms with E-state index in [-0.39, 0.29) is 24.8 Å². The number of amidine groups is 1. The van der Waals surface area contributed by atoms with Crippen molar-refractivity contribution in [3.8, 4) is 16.3 Å². The molecule has 0 saturated carbocycles. The minimum atomic E-state index is -3.83. The van der Waals surface area contributed by atoms with Gasteiger partial charge >= 0.3 is 0 Å². The lowest BCUT2D eigenvalue weighted by Crippen LogP contribution is -2.69. The first-order chi connectivity index (χ1) is 15.6. The largest absolute Gasteiger partial charge is 0.495 e. The number of sulfone groups is 1. The molecule has 1 aliphatic heterocycles. The van der Waals surface area contributed by atoms with Gasteiger partial charge in [0.25, 0.3) is 0 Å². The Morgan fingerprint density at radius 3 is 2.48 bits per heavy atom. The second kappa shape index (κ2) is 8.59. The fraction of sp³-hybridized carbons (Fsp3) is 0.409. The first kappa shape index (κ1) is 24.0. The Morgan fingerprint density at radius 1 is 1.18 bits per heavy atom. The highest BCUT2D eigenvalue weighted by atomic mass is 35.5. The average Bonchev–Trinajstić information content (AvgIpc) is 3.35. The maximum atomic E-state index is 13.5. The van der Waals surface area contributed by atoms with Crippen molar-refractivity contribution in [1.82, 2.24) is 10.3 Å². The van der Waals surface area contributed by atoms with E-state index in [9.17, 15) is 8.42 Å². The number of halogens is 1. The number of aromatic nitrogens is 1. The van der Waals surface area contributed by atoms with Crippen LogP contribution in [0.15, 0.2) is 30.3 Å². The van der Waals surface area contributed by atoms with Crippen LogP contribution in [0.4, 0.5) is 0 Å². The highest BCUT2D eigenvalue weighted by molar-refractivity contribution is 7.93. The second-order valence-corrected chi connectivity index (χ2v) is 12.1. The molecule has 1 atom stereocenters. The number of ether oxygens (including phenoxy) is 3. The summed E-state index contributed by atoms with van der Waals surface area (Å²) in [7, 11) is 0.606. The number of thiophene rings is 1. The summed E-state index contributed by atoms with van der Waals surface area (Å²) in [4.78, 5) is 4.86. The lowest BCUT2D eigenvalue weighted by molar-refractivity contribution is 0.118. The van der Waals surface area contributed by atoms with Crippen molar-refractivity contribution in [2.45, 2.75) is 17.2 Å². The standard InChI is InChI=1S/C22H26ClN3O5S2/c1-21(12-33(27,28)22(10-29-2,11-30-3)20(24)26-21)19-14(23)9-17(32-19)15-8-13-6-5-7-16(31-4)18(13)25-15/h5-9,25H,10-12H2,1-4H3,(H2,24,26)/t21-/m0/s1. The van der Waals surface area contributed by atoms with Gasteiger partial charge in [0.05, 0.1) is 57.6 Å². The molecule has 1 fully saturated rings. The molecule has 3 heterocycles. The van der Waals surface area contributed by atoms with Gasteiger partial charge in [-0.1, -0.05) is 23.7 Å². The Kier molecular flexibility index (Phi) is 6.25. The van der Waals surface area contributed by atoms with Crippen molar-refractivity contribution in [2.75, 3.05) is 40.3 Å². The molecule has 8 nitrogen and oxygen atoms in total. The Morgan fingerprint density at radius 2 is 1.88 bits per heavy atom. The summed E-state index contributed by atoms with van der Waals surface area (Å²) in [6, 6.07) is 9.60. The Balaban J connectivity index is 1.75. The quantitative estimate of drug-likeness (QED) is 0.444. The maximum absolute atomic E-state index is 13.5. The van der Waals surface area contributed by atoms with Crippen molar-refractivity contribution >= 4 is 49.5 Å². The number of hydrogen-bond donors (Lipinski definition) is 3. The fourth-order valence-electron chi connectivity index (χ4n) is 4.36. The van der Waals surface area contributed by atoms with E-state index in [0.717, 1.165) is 27.2 Å². The Labute approximate surface area is 201 Å². The second-order valence-electron chi connectivity index (χ2n) is 8.35. The van der Waals surface area contributed by atoms with Crippen LogP contribution in [0.3, 0.4) is 0 Å². The van der Waals surface area contributed by atoms with Gasteiger partial charge in [-0.25, -0.2) is 8.42 Å². The van der Waals surface area contributed by atoms with Crippen molar-refractivity contribution in [3.63, 3.8) is 0 Å². The van der Waals surface area contributed by atoms with Gasteiger partial charge in [0.1, 0.15) is 11.6 Å². The number of fused-ring (bicyclic) bond motifs is 1. The number of rotatable bonds is 7. The predicted molar refractivity (Wildman–Crippen MR) is 132 cm³/mol. The van der Waals surface area contributed by atoms with E-state index in [0.29, 0.717) is 9.90 Å². The predicted octanol–water partition coefficient (Wildman–Crippen LogP) is 3.80. The molecule has 0 radical (unpaired) electrons. The lowest BCUT2D eigenvalue weighted by atomic mass is 9.99. The average molecular weight is 512 g/mol. The summed E-state index contributed by atoms with van der Waals surface area (Å²) in [6.45, 7) is 1.40. The van der Waals surface area contributed by atoms with Gasteiger partial charge < -0.3 is 24.5 Å². The molecule has 1 aromatic carbocycles. The van der Waals surface area contributed by atoms with E-state index in [1.54, 1.807) is 14.0 Å². The lowest BCUT2D eigenvalue weighted by Gasteiger charge is -2.45. The molecule has 178 valence electrons. The van der Waals surface area contributed by atoms with E-state index in [2.05, 4.69) is 10.3 Å². The number of para-hydroxylation sites is 1. The van der Waals surface area contributed by atoms with Crippen LogP contribution < -0.4 is 10.1 Å². The van der Waals surface area contributed by atoms with Gasteiger partial charge in [-0.15, -0.1) is 11.3 Å². The Hall–Kier alpha value is -2.11. The summed E-state index contributed by atoms with van der Waals surface area (Å²) in [5.41, 5.74) is 0.638. The molecule has 2 aromatic heterocycles. The van der Waals surface area contributed by atoms with E-state index < -0.39 is 20.1 Å². The molecule has 0 spiro atoms. The van der Waals surface area contributed by atoms with Gasteiger partial charge in [0.2, 0.25) is 0 Å². The molecule has 3 aromatic rings. The van der Waals surface area contributed by atoms with Crippen LogP contribution in [-0.4, -0.2) is 64.3 Å². The Bertz CT molecular complexity index is 1310. The third-order valence-corrected chi connectivity index (χ3v) is 10.4. The summed E-state index contributed by atoms with van der Waals surface area (Å²) >= 11 is 8.01. The monoisotopic (exact) mass is 511 g/mol. The normalized spacial score (nSPS) is 21.8. The van der Waals surface area contributed by atoms with Crippen LogP contribution >= 0.6 is 22.9 Å². The first-order valence-electron chi connectivity index (χ1n) is 10.1. The zero-order valence-electron chi connectivity index (χ0n) is 18.7. The molecule has 4 rings (SSSR count). The van der Waals surface area contributed by atoms with E-state index in [1.807, 2.05) is 30.3 Å². The highest BCUT2D eigenvalue weighted by Gasteiger charge is 2.57. The number of H-pyrrole nitrogens is 1. The molecular formula is C22H26ClN3O5S2. The summed E-state index contributed by atoms with van der Waals surface area (Å²) in [6.07, 6.45) is 0. The molecule has 33 heavy (non-hydrogen) atoms. The van der Waals surface area contributed by atoms with Crippen molar-refractivity contribution in [2.24, 2.45) is 0 Å². The molecule has 11 heteroatoms. The van der Waals surface area contributed by atoms with Gasteiger partial charge in [-0.05, 0) is 25.1 Å². The molecule has 3 N–H and O–H groups in total. The number of nitrogens with one attached hydrogen (secondary N) is 3. The van der Waals surface area contributed by atoms with Crippen LogP contribution in [0.2, 0.25) is 5.02 Å². The van der Waals surface area contributed by atoms with Crippen LogP contribution in [0.5, 0.6) is 5.75 Å². The van der Waals surface area contributed by atoms with Gasteiger partial charge in [0.15, 0.2) is 14.6 Å². The van der Waals surface area contributed by atoms with E-state index in [1.165, 1.54) is 25.6 Å². The highest BCUT2D eigenvalue weighted by Crippen LogP contribution is 2.44. The van der Waals surface area contributed by atoms with Crippen LogP contribution in [0.1, 0.15) is 11.8 Å². The van der Waals surface area contributed by atoms with Crippen molar-refractivity contribution < 1.29 is 22.6 Å². The van der Waals surface area contributed by atoms with Crippen molar-refractivity contribution in [1.29, 1.82) is 5.41 Å². The molecule has 0 amide bonds. The van der Waals surface area contributed by atoms with Gasteiger partial charge in [-0.3, -0.25) is 5.41 Å². The molecule has 1 saturated heterocycles. The van der Waals surface area contributed by atoms with Crippen LogP contribution in [-0.2, 0) is 24.8 Å². The maximum Gasteiger partial charge on any atom is 0.175 e. The van der Waals surface area contributed by atoms with E-state index in [4.69, 9.17) is 31.2 Å². The molecule has 0 unspecified atom stereocenters. The van der Waals surface area contributed by atoms with Gasteiger partial charge in [-0.2, -0.15) is 0 Å². The number of benzene rings is 1.